The quantitative estimate of drug-likeness (QED) is 0.771. The van der Waals surface area contributed by atoms with Crippen molar-refractivity contribution in [1.29, 1.82) is 0 Å². The van der Waals surface area contributed by atoms with Gasteiger partial charge in [-0.15, -0.1) is 0 Å². The Morgan fingerprint density at radius 1 is 1.19 bits per heavy atom. The Labute approximate surface area is 156 Å². The van der Waals surface area contributed by atoms with Gasteiger partial charge in [0.15, 0.2) is 11.5 Å². The third-order valence-corrected chi connectivity index (χ3v) is 4.11. The van der Waals surface area contributed by atoms with Gasteiger partial charge in [-0.05, 0) is 42.0 Å². The Kier molecular flexibility index (Phi) is 6.55. The second-order valence-corrected chi connectivity index (χ2v) is 6.41. The summed E-state index contributed by atoms with van der Waals surface area (Å²) in [5.74, 6) is 1.42. The van der Waals surface area contributed by atoms with E-state index >= 15 is 0 Å². The molecule has 0 amide bonds. The monoisotopic (exact) mass is 381 g/mol. The molecule has 1 aliphatic rings. The molecule has 0 radical (unpaired) electrons. The molecule has 0 saturated heterocycles. The molecule has 2 aromatic rings. The van der Waals surface area contributed by atoms with E-state index in [9.17, 15) is 9.50 Å². The first-order chi connectivity index (χ1) is 12.6. The van der Waals surface area contributed by atoms with Crippen molar-refractivity contribution in [2.75, 3.05) is 26.4 Å². The van der Waals surface area contributed by atoms with E-state index in [4.69, 9.17) is 25.8 Å². The Hall–Kier alpha value is -2.02. The van der Waals surface area contributed by atoms with E-state index in [1.54, 1.807) is 0 Å². The van der Waals surface area contributed by atoms with Crippen molar-refractivity contribution < 1.29 is 23.7 Å². The molecule has 5 nitrogen and oxygen atoms in total. The lowest BCUT2D eigenvalue weighted by atomic mass is 10.2. The Morgan fingerprint density at radius 2 is 1.96 bits per heavy atom. The van der Waals surface area contributed by atoms with Crippen molar-refractivity contribution in [3.63, 3.8) is 0 Å². The van der Waals surface area contributed by atoms with Gasteiger partial charge in [0, 0.05) is 19.5 Å². The summed E-state index contributed by atoms with van der Waals surface area (Å²) in [6.45, 7) is 2.15. The van der Waals surface area contributed by atoms with Gasteiger partial charge in [-0.3, -0.25) is 0 Å². The van der Waals surface area contributed by atoms with Crippen molar-refractivity contribution in [2.45, 2.75) is 19.1 Å². The van der Waals surface area contributed by atoms with Crippen molar-refractivity contribution >= 4 is 11.6 Å². The van der Waals surface area contributed by atoms with Crippen LogP contribution < -0.4 is 19.5 Å². The van der Waals surface area contributed by atoms with E-state index < -0.39 is 6.10 Å². The summed E-state index contributed by atoms with van der Waals surface area (Å²) in [6, 6.07) is 9.39. The van der Waals surface area contributed by atoms with Gasteiger partial charge < -0.3 is 24.6 Å². The lowest BCUT2D eigenvalue weighted by Gasteiger charge is -2.15. The number of aliphatic hydroxyl groups excluding tert-OH is 1. The molecule has 0 saturated carbocycles. The van der Waals surface area contributed by atoms with E-state index in [2.05, 4.69) is 5.32 Å². The van der Waals surface area contributed by atoms with Gasteiger partial charge in [-0.2, -0.15) is 0 Å². The second kappa shape index (κ2) is 9.07. The third-order valence-electron chi connectivity index (χ3n) is 3.83. The molecule has 7 heteroatoms. The molecule has 140 valence electrons. The van der Waals surface area contributed by atoms with Crippen molar-refractivity contribution in [2.24, 2.45) is 0 Å². The first kappa shape index (κ1) is 18.8. The van der Waals surface area contributed by atoms with Crippen LogP contribution in [-0.4, -0.2) is 37.6 Å². The number of hydrogen-bond acceptors (Lipinski definition) is 5. The Bertz CT molecular complexity index is 726. The van der Waals surface area contributed by atoms with Crippen LogP contribution in [0.5, 0.6) is 17.2 Å². The predicted molar refractivity (Wildman–Crippen MR) is 96.7 cm³/mol. The minimum Gasteiger partial charge on any atom is -0.491 e. The summed E-state index contributed by atoms with van der Waals surface area (Å²) in [4.78, 5) is 0. The molecule has 0 bridgehead atoms. The fraction of sp³-hybridized carbons (Fsp3) is 0.368. The molecule has 1 unspecified atom stereocenters. The maximum absolute atomic E-state index is 12.8. The molecule has 2 N–H and O–H groups in total. The van der Waals surface area contributed by atoms with Crippen LogP contribution >= 0.6 is 11.6 Å². The molecule has 0 aromatic heterocycles. The van der Waals surface area contributed by atoms with Gasteiger partial charge in [0.25, 0.3) is 0 Å². The average Bonchev–Trinajstić information content (AvgIpc) is 2.87. The van der Waals surface area contributed by atoms with E-state index in [1.807, 2.05) is 12.1 Å². The first-order valence-electron chi connectivity index (χ1n) is 8.47. The smallest absolute Gasteiger partial charge is 0.179 e. The summed E-state index contributed by atoms with van der Waals surface area (Å²) < 4.78 is 29.5. The van der Waals surface area contributed by atoms with Crippen LogP contribution in [0.2, 0.25) is 5.02 Å². The van der Waals surface area contributed by atoms with Crippen molar-refractivity contribution in [1.82, 2.24) is 5.32 Å². The maximum atomic E-state index is 12.8. The molecule has 1 atom stereocenters. The molecule has 0 spiro atoms. The summed E-state index contributed by atoms with van der Waals surface area (Å²) in [7, 11) is 0. The minimum atomic E-state index is -0.698. The zero-order valence-corrected chi connectivity index (χ0v) is 15.0. The number of halogens is 2. The number of nitrogens with one attached hydrogen (secondary N) is 1. The molecule has 0 fully saturated rings. The van der Waals surface area contributed by atoms with E-state index in [0.717, 1.165) is 12.0 Å². The molecule has 0 aliphatic carbocycles. The van der Waals surface area contributed by atoms with Gasteiger partial charge in [0.05, 0.1) is 18.2 Å². The van der Waals surface area contributed by atoms with Gasteiger partial charge in [0.2, 0.25) is 0 Å². The molecule has 1 heterocycles. The highest BCUT2D eigenvalue weighted by Gasteiger charge is 2.15. The lowest BCUT2D eigenvalue weighted by molar-refractivity contribution is 0.106. The van der Waals surface area contributed by atoms with Crippen LogP contribution in [-0.2, 0) is 6.54 Å². The molecule has 3 rings (SSSR count). The highest BCUT2D eigenvalue weighted by atomic mass is 35.5. The summed E-state index contributed by atoms with van der Waals surface area (Å²) in [6.07, 6.45) is 0.120. The number of hydrogen-bond donors (Lipinski definition) is 2. The highest BCUT2D eigenvalue weighted by molar-refractivity contribution is 6.32. The fourth-order valence-electron chi connectivity index (χ4n) is 2.55. The van der Waals surface area contributed by atoms with E-state index in [0.29, 0.717) is 48.6 Å². The zero-order valence-electron chi connectivity index (χ0n) is 14.2. The van der Waals surface area contributed by atoms with E-state index in [1.165, 1.54) is 24.3 Å². The Morgan fingerprint density at radius 3 is 2.77 bits per heavy atom. The molecular weight excluding hydrogens is 361 g/mol. The Balaban J connectivity index is 1.46. The SMILES string of the molecule is OC(CNCc1cc(Cl)c2c(c1)OCCCO2)COc1ccc(F)cc1. The summed E-state index contributed by atoms with van der Waals surface area (Å²) in [5.41, 5.74) is 0.936. The molecular formula is C19H21ClFNO4. The van der Waals surface area contributed by atoms with Crippen LogP contribution in [0.3, 0.4) is 0 Å². The summed E-state index contributed by atoms with van der Waals surface area (Å²) in [5, 5.41) is 13.7. The van der Waals surface area contributed by atoms with Crippen LogP contribution in [0.15, 0.2) is 36.4 Å². The summed E-state index contributed by atoms with van der Waals surface area (Å²) >= 11 is 6.26. The number of benzene rings is 2. The van der Waals surface area contributed by atoms with Crippen LogP contribution in [0.25, 0.3) is 0 Å². The standard InChI is InChI=1S/C19H21ClFNO4/c20-17-8-13(9-18-19(17)25-7-1-6-24-18)10-22-11-15(23)12-26-16-4-2-14(21)3-5-16/h2-5,8-9,15,22-23H,1,6-7,10-12H2. The zero-order chi connectivity index (χ0) is 18.4. The first-order valence-corrected chi connectivity index (χ1v) is 8.85. The van der Waals surface area contributed by atoms with E-state index in [-0.39, 0.29) is 12.4 Å². The minimum absolute atomic E-state index is 0.112. The van der Waals surface area contributed by atoms with Gasteiger partial charge in [-0.1, -0.05) is 11.6 Å². The number of ether oxygens (including phenoxy) is 3. The average molecular weight is 382 g/mol. The highest BCUT2D eigenvalue weighted by Crippen LogP contribution is 2.37. The largest absolute Gasteiger partial charge is 0.491 e. The molecule has 1 aliphatic heterocycles. The fourth-order valence-corrected chi connectivity index (χ4v) is 2.84. The van der Waals surface area contributed by atoms with Crippen LogP contribution in [0, 0.1) is 5.82 Å². The number of rotatable bonds is 7. The topological polar surface area (TPSA) is 60.0 Å². The normalized spacial score (nSPS) is 14.6. The lowest BCUT2D eigenvalue weighted by Crippen LogP contribution is -2.31. The predicted octanol–water partition coefficient (Wildman–Crippen LogP) is 3.17. The van der Waals surface area contributed by atoms with Gasteiger partial charge in [0.1, 0.15) is 24.3 Å². The number of fused-ring (bicyclic) bond motifs is 1. The third kappa shape index (κ3) is 5.24. The van der Waals surface area contributed by atoms with Gasteiger partial charge >= 0.3 is 0 Å². The maximum Gasteiger partial charge on any atom is 0.179 e. The molecule has 2 aromatic carbocycles. The van der Waals surface area contributed by atoms with Gasteiger partial charge in [-0.25, -0.2) is 4.39 Å². The van der Waals surface area contributed by atoms with Crippen molar-refractivity contribution in [3.05, 3.63) is 52.8 Å². The number of aliphatic hydroxyl groups is 1. The second-order valence-electron chi connectivity index (χ2n) is 6.01. The van der Waals surface area contributed by atoms with Crippen molar-refractivity contribution in [3.8, 4) is 17.2 Å². The van der Waals surface area contributed by atoms with Crippen LogP contribution in [0.1, 0.15) is 12.0 Å². The van der Waals surface area contributed by atoms with Crippen LogP contribution in [0.4, 0.5) is 4.39 Å². The molecule has 26 heavy (non-hydrogen) atoms.